The van der Waals surface area contributed by atoms with Crippen LogP contribution in [0.2, 0.25) is 0 Å². The van der Waals surface area contributed by atoms with E-state index in [-0.39, 0.29) is 13.0 Å². The molecule has 88 valence electrons. The van der Waals surface area contributed by atoms with E-state index in [9.17, 15) is 18.0 Å². The van der Waals surface area contributed by atoms with Crippen LogP contribution in [0.1, 0.15) is 25.7 Å². The monoisotopic (exact) mass is 224 g/mol. The Balaban J connectivity index is 2.54. The molecule has 3 nitrogen and oxygen atoms in total. The molecule has 0 aromatic rings. The summed E-state index contributed by atoms with van der Waals surface area (Å²) in [5, 5.41) is 2.26. The second-order valence-electron chi connectivity index (χ2n) is 3.94. The molecular weight excluding hydrogens is 209 g/mol. The molecule has 0 unspecified atom stereocenters. The molecule has 2 amide bonds. The Bertz CT molecular complexity index is 230. The minimum Gasteiger partial charge on any atom is -0.352 e. The van der Waals surface area contributed by atoms with E-state index < -0.39 is 24.0 Å². The third-order valence-electron chi connectivity index (χ3n) is 2.87. The number of carbonyl (C=O) groups is 1. The van der Waals surface area contributed by atoms with Crippen LogP contribution in [0.25, 0.3) is 0 Å². The molecule has 0 bridgehead atoms. The van der Waals surface area contributed by atoms with Gasteiger partial charge in [-0.3, -0.25) is 0 Å². The molecule has 6 heteroatoms. The van der Waals surface area contributed by atoms with E-state index in [4.69, 9.17) is 5.73 Å². The average molecular weight is 224 g/mol. The summed E-state index contributed by atoms with van der Waals surface area (Å²) in [5.74, 6) is -1.82. The number of primary amides is 1. The minimum absolute atomic E-state index is 0.0273. The smallest absolute Gasteiger partial charge is 0.352 e. The lowest BCUT2D eigenvalue weighted by molar-refractivity contribution is -0.195. The summed E-state index contributed by atoms with van der Waals surface area (Å²) >= 11 is 0. The van der Waals surface area contributed by atoms with Crippen molar-refractivity contribution in [1.29, 1.82) is 0 Å². The lowest BCUT2D eigenvalue weighted by Gasteiger charge is -2.32. The van der Waals surface area contributed by atoms with Gasteiger partial charge in [0.2, 0.25) is 0 Å². The first kappa shape index (κ1) is 12.1. The van der Waals surface area contributed by atoms with Crippen LogP contribution in [-0.2, 0) is 0 Å². The third-order valence-corrected chi connectivity index (χ3v) is 2.87. The topological polar surface area (TPSA) is 55.1 Å². The summed E-state index contributed by atoms with van der Waals surface area (Å²) in [6, 6.07) is -0.763. The van der Waals surface area contributed by atoms with Gasteiger partial charge in [-0.15, -0.1) is 0 Å². The van der Waals surface area contributed by atoms with Gasteiger partial charge in [-0.05, 0) is 18.8 Å². The van der Waals surface area contributed by atoms with Gasteiger partial charge >= 0.3 is 12.2 Å². The fourth-order valence-electron chi connectivity index (χ4n) is 2.11. The summed E-state index contributed by atoms with van der Waals surface area (Å²) in [6.45, 7) is 0.0273. The van der Waals surface area contributed by atoms with Crippen molar-refractivity contribution in [1.82, 2.24) is 5.32 Å². The number of alkyl halides is 3. The van der Waals surface area contributed by atoms with E-state index in [2.05, 4.69) is 5.32 Å². The Hall–Kier alpha value is -0.940. The van der Waals surface area contributed by atoms with Gasteiger partial charge in [0.05, 0.1) is 5.92 Å². The predicted octanol–water partition coefficient (Wildman–Crippen LogP) is 2.02. The molecule has 1 fully saturated rings. The minimum atomic E-state index is -4.16. The first-order chi connectivity index (χ1) is 6.91. The second kappa shape index (κ2) is 4.72. The van der Waals surface area contributed by atoms with Crippen LogP contribution in [0.5, 0.6) is 0 Å². The summed E-state index contributed by atoms with van der Waals surface area (Å²) < 4.78 is 37.7. The van der Waals surface area contributed by atoms with Crippen molar-refractivity contribution in [2.75, 3.05) is 6.54 Å². The van der Waals surface area contributed by atoms with Crippen molar-refractivity contribution in [2.24, 2.45) is 17.6 Å². The Morgan fingerprint density at radius 3 is 2.47 bits per heavy atom. The average Bonchev–Trinajstić information content (AvgIpc) is 2.13. The fraction of sp³-hybridized carbons (Fsp3) is 0.889. The van der Waals surface area contributed by atoms with E-state index >= 15 is 0 Å². The molecule has 0 aromatic heterocycles. The molecule has 1 aliphatic rings. The zero-order valence-electron chi connectivity index (χ0n) is 8.31. The summed E-state index contributed by atoms with van der Waals surface area (Å²) in [4.78, 5) is 10.4. The van der Waals surface area contributed by atoms with Crippen molar-refractivity contribution in [3.05, 3.63) is 0 Å². The maximum absolute atomic E-state index is 12.6. The van der Waals surface area contributed by atoms with Gasteiger partial charge in [0.25, 0.3) is 0 Å². The highest BCUT2D eigenvalue weighted by atomic mass is 19.4. The van der Waals surface area contributed by atoms with Crippen LogP contribution in [0, 0.1) is 11.8 Å². The van der Waals surface area contributed by atoms with Gasteiger partial charge in [0.1, 0.15) is 0 Å². The molecule has 1 aliphatic carbocycles. The quantitative estimate of drug-likeness (QED) is 0.740. The second-order valence-corrected chi connectivity index (χ2v) is 3.94. The third kappa shape index (κ3) is 3.60. The molecule has 15 heavy (non-hydrogen) atoms. The van der Waals surface area contributed by atoms with Crippen molar-refractivity contribution in [2.45, 2.75) is 31.9 Å². The highest BCUT2D eigenvalue weighted by molar-refractivity contribution is 5.71. The van der Waals surface area contributed by atoms with Crippen molar-refractivity contribution in [3.63, 3.8) is 0 Å². The van der Waals surface area contributed by atoms with Crippen molar-refractivity contribution < 1.29 is 18.0 Å². The van der Waals surface area contributed by atoms with Crippen LogP contribution in [-0.4, -0.2) is 18.8 Å². The molecule has 1 rings (SSSR count). The van der Waals surface area contributed by atoms with E-state index in [0.29, 0.717) is 12.8 Å². The van der Waals surface area contributed by atoms with E-state index in [0.717, 1.165) is 6.42 Å². The highest BCUT2D eigenvalue weighted by Crippen LogP contribution is 2.40. The number of amides is 2. The number of rotatable bonds is 2. The zero-order chi connectivity index (χ0) is 11.5. The number of nitrogens with two attached hydrogens (primary N) is 1. The van der Waals surface area contributed by atoms with Gasteiger partial charge in [-0.25, -0.2) is 4.79 Å². The maximum atomic E-state index is 12.6. The fourth-order valence-corrected chi connectivity index (χ4v) is 2.11. The Morgan fingerprint density at radius 1 is 1.33 bits per heavy atom. The number of halogens is 3. The van der Waals surface area contributed by atoms with Gasteiger partial charge in [0.15, 0.2) is 0 Å². The van der Waals surface area contributed by atoms with Crippen LogP contribution < -0.4 is 11.1 Å². The van der Waals surface area contributed by atoms with Crippen LogP contribution >= 0.6 is 0 Å². The molecular formula is C9H15F3N2O. The SMILES string of the molecule is NC(=O)NC[C@H]1CCCC[C@H]1C(F)(F)F. The van der Waals surface area contributed by atoms with Crippen molar-refractivity contribution >= 4 is 6.03 Å². The van der Waals surface area contributed by atoms with E-state index in [1.54, 1.807) is 0 Å². The first-order valence-corrected chi connectivity index (χ1v) is 5.01. The summed E-state index contributed by atoms with van der Waals surface area (Å²) in [5.41, 5.74) is 4.83. The number of hydrogen-bond donors (Lipinski definition) is 2. The highest BCUT2D eigenvalue weighted by Gasteiger charge is 2.45. The molecule has 0 radical (unpaired) electrons. The first-order valence-electron chi connectivity index (χ1n) is 5.01. The van der Waals surface area contributed by atoms with Crippen LogP contribution in [0.15, 0.2) is 0 Å². The van der Waals surface area contributed by atoms with Crippen LogP contribution in [0.3, 0.4) is 0 Å². The van der Waals surface area contributed by atoms with Gasteiger partial charge in [-0.2, -0.15) is 13.2 Å². The largest absolute Gasteiger partial charge is 0.392 e. The molecule has 0 aromatic carbocycles. The Labute approximate surface area is 86.2 Å². The van der Waals surface area contributed by atoms with Gasteiger partial charge < -0.3 is 11.1 Å². The molecule has 0 spiro atoms. The van der Waals surface area contributed by atoms with Crippen LogP contribution in [0.4, 0.5) is 18.0 Å². The summed E-state index contributed by atoms with van der Waals surface area (Å²) in [6.07, 6.45) is -2.10. The lowest BCUT2D eigenvalue weighted by Crippen LogP contribution is -2.41. The van der Waals surface area contributed by atoms with E-state index in [1.807, 2.05) is 0 Å². The number of carbonyl (C=O) groups excluding carboxylic acids is 1. The number of hydrogen-bond acceptors (Lipinski definition) is 1. The molecule has 0 saturated heterocycles. The molecule has 2 atom stereocenters. The lowest BCUT2D eigenvalue weighted by atomic mass is 9.79. The molecule has 3 N–H and O–H groups in total. The van der Waals surface area contributed by atoms with Crippen molar-refractivity contribution in [3.8, 4) is 0 Å². The van der Waals surface area contributed by atoms with Gasteiger partial charge in [-0.1, -0.05) is 12.8 Å². The number of nitrogens with one attached hydrogen (secondary N) is 1. The maximum Gasteiger partial charge on any atom is 0.392 e. The number of urea groups is 1. The molecule has 0 heterocycles. The molecule has 0 aliphatic heterocycles. The van der Waals surface area contributed by atoms with E-state index in [1.165, 1.54) is 0 Å². The standard InChI is InChI=1S/C9H15F3N2O/c10-9(11,12)7-4-2-1-3-6(7)5-14-8(13)15/h6-7H,1-5H2,(H3,13,14,15)/t6-,7-/m1/s1. The molecule has 1 saturated carbocycles. The normalized spacial score (nSPS) is 27.4. The summed E-state index contributed by atoms with van der Waals surface area (Å²) in [7, 11) is 0. The Kier molecular flexibility index (Phi) is 3.82. The Morgan fingerprint density at radius 2 is 1.93 bits per heavy atom. The predicted molar refractivity (Wildman–Crippen MR) is 49.1 cm³/mol. The van der Waals surface area contributed by atoms with Gasteiger partial charge in [0, 0.05) is 6.54 Å². The zero-order valence-corrected chi connectivity index (χ0v) is 8.31.